The molecular formula is C18H18FNO4S. The zero-order valence-corrected chi connectivity index (χ0v) is 14.3. The average Bonchev–Trinajstić information content (AvgIpc) is 3.12. The largest absolute Gasteiger partial charge is 0.481 e. The summed E-state index contributed by atoms with van der Waals surface area (Å²) in [5, 5.41) is -0.632. The van der Waals surface area contributed by atoms with E-state index in [1.807, 2.05) is 0 Å². The summed E-state index contributed by atoms with van der Waals surface area (Å²) in [4.78, 5) is 13.9. The van der Waals surface area contributed by atoms with Crippen LogP contribution in [0.3, 0.4) is 0 Å². The van der Waals surface area contributed by atoms with E-state index in [0.717, 1.165) is 0 Å². The van der Waals surface area contributed by atoms with Gasteiger partial charge < -0.3 is 9.64 Å². The van der Waals surface area contributed by atoms with Crippen LogP contribution in [0.5, 0.6) is 5.75 Å². The second kappa shape index (κ2) is 7.23. The predicted molar refractivity (Wildman–Crippen MR) is 90.5 cm³/mol. The fourth-order valence-corrected chi connectivity index (χ4v) is 4.52. The maximum atomic E-state index is 13.5. The Labute approximate surface area is 145 Å². The van der Waals surface area contributed by atoms with Crippen molar-refractivity contribution in [2.45, 2.75) is 16.6 Å². The number of halogens is 1. The van der Waals surface area contributed by atoms with E-state index in [9.17, 15) is 17.6 Å². The van der Waals surface area contributed by atoms with Gasteiger partial charge in [0.15, 0.2) is 28.0 Å². The summed E-state index contributed by atoms with van der Waals surface area (Å²) in [5.41, 5.74) is 0. The van der Waals surface area contributed by atoms with Crippen LogP contribution in [0.15, 0.2) is 59.5 Å². The smallest absolute Gasteiger partial charge is 0.260 e. The van der Waals surface area contributed by atoms with Gasteiger partial charge in [-0.05, 0) is 30.7 Å². The SMILES string of the molecule is O=C(COc1ccccc1F)N1CC[C@@H](S(=O)(=O)c2ccccc2)C1. The zero-order chi connectivity index (χ0) is 17.9. The third-order valence-corrected chi connectivity index (χ3v) is 6.39. The van der Waals surface area contributed by atoms with Crippen LogP contribution in [0, 0.1) is 5.82 Å². The van der Waals surface area contributed by atoms with E-state index in [0.29, 0.717) is 13.0 Å². The monoisotopic (exact) mass is 363 g/mol. The molecule has 0 saturated carbocycles. The number of carbonyl (C=O) groups is 1. The summed E-state index contributed by atoms with van der Waals surface area (Å²) in [6.45, 7) is 0.145. The van der Waals surface area contributed by atoms with E-state index in [2.05, 4.69) is 0 Å². The highest BCUT2D eigenvalue weighted by Crippen LogP contribution is 2.24. The predicted octanol–water partition coefficient (Wildman–Crippen LogP) is 2.28. The van der Waals surface area contributed by atoms with Gasteiger partial charge in [-0.1, -0.05) is 30.3 Å². The molecule has 0 aromatic heterocycles. The van der Waals surface area contributed by atoms with Crippen LogP contribution in [0.25, 0.3) is 0 Å². The molecular weight excluding hydrogens is 345 g/mol. The van der Waals surface area contributed by atoms with E-state index >= 15 is 0 Å². The zero-order valence-electron chi connectivity index (χ0n) is 13.5. The molecule has 0 unspecified atom stereocenters. The summed E-state index contributed by atoms with van der Waals surface area (Å²) in [6.07, 6.45) is 0.378. The second-order valence-electron chi connectivity index (χ2n) is 5.83. The Hall–Kier alpha value is -2.41. The quantitative estimate of drug-likeness (QED) is 0.818. The first-order chi connectivity index (χ1) is 12.0. The number of hydrogen-bond acceptors (Lipinski definition) is 4. The van der Waals surface area contributed by atoms with Crippen LogP contribution < -0.4 is 4.74 Å². The van der Waals surface area contributed by atoms with Gasteiger partial charge in [-0.2, -0.15) is 0 Å². The van der Waals surface area contributed by atoms with E-state index in [4.69, 9.17) is 4.74 Å². The molecule has 132 valence electrons. The van der Waals surface area contributed by atoms with Crippen molar-refractivity contribution in [3.63, 3.8) is 0 Å². The van der Waals surface area contributed by atoms with Crippen LogP contribution >= 0.6 is 0 Å². The third-order valence-electron chi connectivity index (χ3n) is 4.20. The van der Waals surface area contributed by atoms with Gasteiger partial charge >= 0.3 is 0 Å². The van der Waals surface area contributed by atoms with Gasteiger partial charge in [0.1, 0.15) is 0 Å². The van der Waals surface area contributed by atoms with Crippen molar-refractivity contribution in [1.29, 1.82) is 0 Å². The Bertz CT molecular complexity index is 854. The molecule has 0 radical (unpaired) electrons. The molecule has 1 saturated heterocycles. The lowest BCUT2D eigenvalue weighted by Crippen LogP contribution is -2.35. The lowest BCUT2D eigenvalue weighted by molar-refractivity contribution is -0.132. The van der Waals surface area contributed by atoms with Crippen molar-refractivity contribution in [2.75, 3.05) is 19.7 Å². The Balaban J connectivity index is 1.61. The number of amides is 1. The van der Waals surface area contributed by atoms with Crippen molar-refractivity contribution in [2.24, 2.45) is 0 Å². The first-order valence-corrected chi connectivity index (χ1v) is 9.47. The lowest BCUT2D eigenvalue weighted by Gasteiger charge is -2.17. The van der Waals surface area contributed by atoms with Crippen LogP contribution in [0.4, 0.5) is 4.39 Å². The minimum absolute atomic E-state index is 0.00324. The van der Waals surface area contributed by atoms with Gasteiger partial charge in [-0.15, -0.1) is 0 Å². The molecule has 1 atom stereocenters. The number of sulfone groups is 1. The molecule has 1 heterocycles. The Morgan fingerprint density at radius 1 is 1.12 bits per heavy atom. The van der Waals surface area contributed by atoms with Crippen LogP contribution in [0.2, 0.25) is 0 Å². The number of hydrogen-bond donors (Lipinski definition) is 0. The standard InChI is InChI=1S/C18H18FNO4S/c19-16-8-4-5-9-17(16)24-13-18(21)20-11-10-15(12-20)25(22,23)14-6-2-1-3-7-14/h1-9,15H,10-13H2/t15-/m1/s1. The first kappa shape index (κ1) is 17.4. The van der Waals surface area contributed by atoms with Crippen molar-refractivity contribution in [3.8, 4) is 5.75 Å². The maximum Gasteiger partial charge on any atom is 0.260 e. The molecule has 3 rings (SSSR count). The highest BCUT2D eigenvalue weighted by molar-refractivity contribution is 7.92. The van der Waals surface area contributed by atoms with Crippen LogP contribution in [0.1, 0.15) is 6.42 Å². The summed E-state index contributed by atoms with van der Waals surface area (Å²) in [6, 6.07) is 14.0. The van der Waals surface area contributed by atoms with Crippen molar-refractivity contribution in [3.05, 3.63) is 60.4 Å². The van der Waals surface area contributed by atoms with E-state index in [1.54, 1.807) is 36.4 Å². The molecule has 1 aliphatic rings. The van der Waals surface area contributed by atoms with Gasteiger partial charge in [0, 0.05) is 13.1 Å². The van der Waals surface area contributed by atoms with Gasteiger partial charge in [-0.25, -0.2) is 12.8 Å². The van der Waals surface area contributed by atoms with Gasteiger partial charge in [0.25, 0.3) is 5.91 Å². The average molecular weight is 363 g/mol. The van der Waals surface area contributed by atoms with Gasteiger partial charge in [-0.3, -0.25) is 4.79 Å². The molecule has 1 aliphatic heterocycles. The number of nitrogens with zero attached hydrogens (tertiary/aromatic N) is 1. The summed E-state index contributed by atoms with van der Waals surface area (Å²) < 4.78 is 43.9. The molecule has 7 heteroatoms. The minimum atomic E-state index is -3.47. The summed E-state index contributed by atoms with van der Waals surface area (Å²) in [5.74, 6) is -0.890. The highest BCUT2D eigenvalue weighted by atomic mass is 32.2. The van der Waals surface area contributed by atoms with E-state index in [1.165, 1.54) is 23.1 Å². The van der Waals surface area contributed by atoms with E-state index < -0.39 is 20.9 Å². The molecule has 25 heavy (non-hydrogen) atoms. The van der Waals surface area contributed by atoms with Crippen molar-refractivity contribution in [1.82, 2.24) is 4.90 Å². The normalized spacial score (nSPS) is 17.5. The summed E-state index contributed by atoms with van der Waals surface area (Å²) >= 11 is 0. The minimum Gasteiger partial charge on any atom is -0.481 e. The number of ether oxygens (including phenoxy) is 1. The molecule has 2 aromatic rings. The number of rotatable bonds is 5. The number of carbonyl (C=O) groups excluding carboxylic acids is 1. The van der Waals surface area contributed by atoms with Gasteiger partial charge in [0.05, 0.1) is 10.1 Å². The third kappa shape index (κ3) is 3.82. The molecule has 5 nitrogen and oxygen atoms in total. The van der Waals surface area contributed by atoms with Crippen molar-refractivity contribution < 1.29 is 22.3 Å². The molecule has 1 amide bonds. The molecule has 1 fully saturated rings. The molecule has 0 spiro atoms. The highest BCUT2D eigenvalue weighted by Gasteiger charge is 2.36. The fourth-order valence-electron chi connectivity index (χ4n) is 2.80. The topological polar surface area (TPSA) is 63.7 Å². The maximum absolute atomic E-state index is 13.5. The first-order valence-electron chi connectivity index (χ1n) is 7.92. The molecule has 0 bridgehead atoms. The van der Waals surface area contributed by atoms with Crippen LogP contribution in [-0.2, 0) is 14.6 Å². The number of likely N-dealkylation sites (tertiary alicyclic amines) is 1. The molecule has 0 aliphatic carbocycles. The number of benzene rings is 2. The van der Waals surface area contributed by atoms with E-state index in [-0.39, 0.29) is 29.7 Å². The van der Waals surface area contributed by atoms with Crippen LogP contribution in [-0.4, -0.2) is 44.2 Å². The van der Waals surface area contributed by atoms with Crippen molar-refractivity contribution >= 4 is 15.7 Å². The summed E-state index contributed by atoms with van der Waals surface area (Å²) in [7, 11) is -3.47. The molecule has 2 aromatic carbocycles. The Morgan fingerprint density at radius 3 is 2.52 bits per heavy atom. The molecule has 0 N–H and O–H groups in total. The Kier molecular flexibility index (Phi) is 5.03. The Morgan fingerprint density at radius 2 is 1.80 bits per heavy atom. The second-order valence-corrected chi connectivity index (χ2v) is 8.06. The fraction of sp³-hybridized carbons (Fsp3) is 0.278. The lowest BCUT2D eigenvalue weighted by atomic mass is 10.3. The van der Waals surface area contributed by atoms with Gasteiger partial charge in [0.2, 0.25) is 0 Å². The number of para-hydroxylation sites is 1.